The van der Waals surface area contributed by atoms with E-state index < -0.39 is 46.8 Å². The monoisotopic (exact) mass is 476 g/mol. The number of nitro groups is 1. The number of para-hydroxylation sites is 1. The Balaban J connectivity index is 1.31. The highest BCUT2D eigenvalue weighted by molar-refractivity contribution is 6.03. The minimum Gasteiger partial charge on any atom is -0.455 e. The van der Waals surface area contributed by atoms with Gasteiger partial charge in [0.05, 0.1) is 17.4 Å². The van der Waals surface area contributed by atoms with Crippen molar-refractivity contribution in [3.05, 3.63) is 82.4 Å². The maximum atomic E-state index is 12.5. The molecular formula is C24H20N4O7. The normalized spacial score (nSPS) is 15.0. The van der Waals surface area contributed by atoms with Crippen LogP contribution in [0.2, 0.25) is 0 Å². The van der Waals surface area contributed by atoms with Crippen molar-refractivity contribution in [1.29, 1.82) is 0 Å². The number of benzene rings is 3. The Morgan fingerprint density at radius 3 is 2.54 bits per heavy atom. The second kappa shape index (κ2) is 10.00. The lowest BCUT2D eigenvalue weighted by molar-refractivity contribution is -0.385. The Labute approximate surface area is 198 Å². The lowest BCUT2D eigenvalue weighted by Gasteiger charge is -2.17. The summed E-state index contributed by atoms with van der Waals surface area (Å²) >= 11 is 0. The average molecular weight is 476 g/mol. The van der Waals surface area contributed by atoms with Crippen LogP contribution in [0.3, 0.4) is 0 Å². The van der Waals surface area contributed by atoms with Crippen LogP contribution in [0.25, 0.3) is 10.8 Å². The number of carbonyl (C=O) groups excluding carboxylic acids is 4. The van der Waals surface area contributed by atoms with Gasteiger partial charge in [0.25, 0.3) is 17.5 Å². The van der Waals surface area contributed by atoms with E-state index in [0.29, 0.717) is 5.69 Å². The van der Waals surface area contributed by atoms with Crippen molar-refractivity contribution in [3.8, 4) is 0 Å². The molecule has 1 aliphatic heterocycles. The summed E-state index contributed by atoms with van der Waals surface area (Å²) in [5.74, 6) is -3.62. The third kappa shape index (κ3) is 5.24. The molecule has 0 bridgehead atoms. The van der Waals surface area contributed by atoms with Crippen LogP contribution in [0.4, 0.5) is 11.4 Å². The summed E-state index contributed by atoms with van der Waals surface area (Å²) in [5.41, 5.74) is 2.23. The van der Waals surface area contributed by atoms with Crippen LogP contribution in [0.5, 0.6) is 0 Å². The average Bonchev–Trinajstić information content (AvgIpc) is 3.22. The predicted molar refractivity (Wildman–Crippen MR) is 124 cm³/mol. The third-order valence-corrected chi connectivity index (χ3v) is 5.45. The summed E-state index contributed by atoms with van der Waals surface area (Å²) in [6.07, 6.45) is -0.235. The van der Waals surface area contributed by atoms with Crippen LogP contribution in [-0.4, -0.2) is 46.8 Å². The maximum Gasteiger partial charge on any atom is 0.311 e. The predicted octanol–water partition coefficient (Wildman–Crippen LogP) is 2.42. The number of anilines is 1. The minimum atomic E-state index is -0.904. The molecule has 4 rings (SSSR count). The Hall–Kier alpha value is -4.80. The van der Waals surface area contributed by atoms with Crippen molar-refractivity contribution in [3.63, 3.8) is 0 Å². The highest BCUT2D eigenvalue weighted by Gasteiger charge is 2.37. The van der Waals surface area contributed by atoms with E-state index in [0.717, 1.165) is 15.8 Å². The Morgan fingerprint density at radius 1 is 1.03 bits per heavy atom. The summed E-state index contributed by atoms with van der Waals surface area (Å²) < 4.78 is 5.08. The Kier molecular flexibility index (Phi) is 6.67. The number of carbonyl (C=O) groups is 4. The molecule has 3 amide bonds. The lowest BCUT2D eigenvalue weighted by atomic mass is 10.1. The van der Waals surface area contributed by atoms with E-state index in [-0.39, 0.29) is 18.5 Å². The first kappa shape index (κ1) is 23.4. The van der Waals surface area contributed by atoms with E-state index in [2.05, 4.69) is 10.7 Å². The molecule has 1 saturated heterocycles. The van der Waals surface area contributed by atoms with Crippen molar-refractivity contribution in [2.75, 3.05) is 18.5 Å². The lowest BCUT2D eigenvalue weighted by Crippen LogP contribution is -2.43. The quantitative estimate of drug-likeness (QED) is 0.302. The second-order valence-corrected chi connectivity index (χ2v) is 7.80. The minimum absolute atomic E-state index is 0.186. The fourth-order valence-corrected chi connectivity index (χ4v) is 3.76. The van der Waals surface area contributed by atoms with Crippen LogP contribution >= 0.6 is 0 Å². The molecule has 1 heterocycles. The van der Waals surface area contributed by atoms with Gasteiger partial charge in [-0.2, -0.15) is 0 Å². The number of amides is 3. The highest BCUT2D eigenvalue weighted by atomic mass is 16.6. The number of nitrogens with zero attached hydrogens (tertiary/aromatic N) is 2. The van der Waals surface area contributed by atoms with E-state index in [9.17, 15) is 29.3 Å². The summed E-state index contributed by atoms with van der Waals surface area (Å²) in [6.45, 7) is -0.732. The second-order valence-electron chi connectivity index (χ2n) is 7.80. The van der Waals surface area contributed by atoms with Gasteiger partial charge in [-0.1, -0.05) is 48.5 Å². The van der Waals surface area contributed by atoms with Gasteiger partial charge >= 0.3 is 5.97 Å². The molecule has 0 aliphatic carbocycles. The first-order valence-electron chi connectivity index (χ1n) is 10.6. The zero-order valence-corrected chi connectivity index (χ0v) is 18.3. The largest absolute Gasteiger partial charge is 0.455 e. The smallest absolute Gasteiger partial charge is 0.311 e. The molecule has 0 unspecified atom stereocenters. The molecule has 0 saturated carbocycles. The number of fused-ring (bicyclic) bond motifs is 1. The van der Waals surface area contributed by atoms with Crippen molar-refractivity contribution in [1.82, 2.24) is 10.4 Å². The Bertz CT molecular complexity index is 1330. The van der Waals surface area contributed by atoms with Gasteiger partial charge in [-0.3, -0.25) is 39.7 Å². The van der Waals surface area contributed by atoms with Gasteiger partial charge in [-0.25, -0.2) is 0 Å². The topological polar surface area (TPSA) is 148 Å². The number of rotatable bonds is 7. The number of nitro benzene ring substituents is 1. The van der Waals surface area contributed by atoms with Gasteiger partial charge < -0.3 is 10.1 Å². The molecule has 3 aromatic carbocycles. The standard InChI is InChI=1S/C24H20N4O7/c29-21(25-19-10-5-7-15-6-1-2-8-17(15)19)14-35-24(32)16-12-22(30)27(13-16)26-23(31)18-9-3-4-11-20(18)28(33)34/h1-11,16H,12-14H2,(H,25,29)(H,26,31)/t16-/m0/s1. The first-order chi connectivity index (χ1) is 16.8. The van der Waals surface area contributed by atoms with Crippen molar-refractivity contribution < 1.29 is 28.8 Å². The van der Waals surface area contributed by atoms with Crippen molar-refractivity contribution in [2.45, 2.75) is 6.42 Å². The van der Waals surface area contributed by atoms with Gasteiger partial charge in [0, 0.05) is 23.6 Å². The van der Waals surface area contributed by atoms with E-state index in [1.807, 2.05) is 30.3 Å². The van der Waals surface area contributed by atoms with E-state index in [1.165, 1.54) is 24.3 Å². The molecule has 0 spiro atoms. The van der Waals surface area contributed by atoms with E-state index >= 15 is 0 Å². The molecule has 11 heteroatoms. The van der Waals surface area contributed by atoms with Crippen LogP contribution in [0.1, 0.15) is 16.8 Å². The molecular weight excluding hydrogens is 456 g/mol. The molecule has 3 aromatic rings. The Morgan fingerprint density at radius 2 is 1.74 bits per heavy atom. The van der Waals surface area contributed by atoms with Gasteiger partial charge in [-0.05, 0) is 17.5 Å². The van der Waals surface area contributed by atoms with Gasteiger partial charge in [0.1, 0.15) is 5.56 Å². The number of hydrogen-bond donors (Lipinski definition) is 2. The molecule has 1 aliphatic rings. The zero-order chi connectivity index (χ0) is 24.9. The summed E-state index contributed by atoms with van der Waals surface area (Å²) in [4.78, 5) is 59.9. The zero-order valence-electron chi connectivity index (χ0n) is 18.3. The number of esters is 1. The number of ether oxygens (including phenoxy) is 1. The fourth-order valence-electron chi connectivity index (χ4n) is 3.76. The molecule has 2 N–H and O–H groups in total. The van der Waals surface area contributed by atoms with Crippen molar-refractivity contribution in [2.24, 2.45) is 5.92 Å². The molecule has 1 fully saturated rings. The summed E-state index contributed by atoms with van der Waals surface area (Å²) in [6, 6.07) is 18.2. The van der Waals surface area contributed by atoms with Crippen LogP contribution in [0, 0.1) is 16.0 Å². The van der Waals surface area contributed by atoms with Crippen molar-refractivity contribution >= 4 is 45.8 Å². The molecule has 0 radical (unpaired) electrons. The molecule has 178 valence electrons. The summed E-state index contributed by atoms with van der Waals surface area (Å²) in [5, 5.41) is 16.5. The van der Waals surface area contributed by atoms with Crippen LogP contribution in [0.15, 0.2) is 66.7 Å². The van der Waals surface area contributed by atoms with Gasteiger partial charge in [0.15, 0.2) is 6.61 Å². The van der Waals surface area contributed by atoms with Gasteiger partial charge in [0.2, 0.25) is 5.91 Å². The van der Waals surface area contributed by atoms with Crippen LogP contribution < -0.4 is 10.7 Å². The SMILES string of the molecule is O=C(COC(=O)[C@H]1CC(=O)N(NC(=O)c2ccccc2[N+](=O)[O-])C1)Nc1cccc2ccccc12. The molecule has 11 nitrogen and oxygen atoms in total. The molecule has 1 atom stereocenters. The fraction of sp³-hybridized carbons (Fsp3) is 0.167. The highest BCUT2D eigenvalue weighted by Crippen LogP contribution is 2.23. The van der Waals surface area contributed by atoms with Crippen LogP contribution in [-0.2, 0) is 19.1 Å². The van der Waals surface area contributed by atoms with E-state index in [1.54, 1.807) is 12.1 Å². The number of nitrogens with one attached hydrogen (secondary N) is 2. The van der Waals surface area contributed by atoms with Gasteiger partial charge in [-0.15, -0.1) is 0 Å². The number of hydrogen-bond acceptors (Lipinski definition) is 7. The number of hydrazine groups is 1. The maximum absolute atomic E-state index is 12.5. The third-order valence-electron chi connectivity index (χ3n) is 5.45. The molecule has 0 aromatic heterocycles. The summed E-state index contributed by atoms with van der Waals surface area (Å²) in [7, 11) is 0. The molecule has 35 heavy (non-hydrogen) atoms. The van der Waals surface area contributed by atoms with E-state index in [4.69, 9.17) is 4.74 Å². The first-order valence-corrected chi connectivity index (χ1v) is 10.6.